The van der Waals surface area contributed by atoms with E-state index in [2.05, 4.69) is 23.7 Å². The first-order chi connectivity index (χ1) is 18.8. The number of hydrogen-bond acceptors (Lipinski definition) is 9. The summed E-state index contributed by atoms with van der Waals surface area (Å²) in [7, 11) is 3.07. The first-order valence-electron chi connectivity index (χ1n) is 12.8. The second-order valence-corrected chi connectivity index (χ2v) is 9.84. The Morgan fingerprint density at radius 3 is 2.44 bits per heavy atom. The van der Waals surface area contributed by atoms with E-state index in [4.69, 9.17) is 14.2 Å². The highest BCUT2D eigenvalue weighted by molar-refractivity contribution is 7.07. The van der Waals surface area contributed by atoms with Crippen molar-refractivity contribution < 1.29 is 24.1 Å². The van der Waals surface area contributed by atoms with Gasteiger partial charge in [0.15, 0.2) is 16.3 Å². The number of anilines is 1. The largest absolute Gasteiger partial charge is 0.507 e. The van der Waals surface area contributed by atoms with E-state index < -0.39 is 12.0 Å². The molecule has 0 radical (unpaired) electrons. The maximum Gasteiger partial charge on any atom is 0.338 e. The summed E-state index contributed by atoms with van der Waals surface area (Å²) in [5, 5.41) is 10.8. The maximum absolute atomic E-state index is 13.9. The summed E-state index contributed by atoms with van der Waals surface area (Å²) in [4.78, 5) is 34.1. The summed E-state index contributed by atoms with van der Waals surface area (Å²) in [6.45, 7) is 9.37. The fraction of sp³-hybridized carbons (Fsp3) is 0.345. The number of aromatic hydroxyl groups is 1. The number of fused-ring (bicyclic) bond motifs is 1. The van der Waals surface area contributed by atoms with Crippen LogP contribution in [0.25, 0.3) is 6.08 Å². The van der Waals surface area contributed by atoms with Crippen LogP contribution in [-0.4, -0.2) is 49.6 Å². The molecule has 39 heavy (non-hydrogen) atoms. The monoisotopic (exact) mass is 551 g/mol. The van der Waals surface area contributed by atoms with E-state index in [0.29, 0.717) is 37.7 Å². The van der Waals surface area contributed by atoms with Crippen LogP contribution in [0.4, 0.5) is 5.69 Å². The summed E-state index contributed by atoms with van der Waals surface area (Å²) in [5.74, 6) is 0.520. The first kappa shape index (κ1) is 28.0. The standard InChI is InChI=1S/C29H33N3O6S/c1-7-31(8-2)20-12-10-18(21(33)16-20)15-24-27(34)32-26(19-11-13-22(36-5)23(14-19)37-6)25(28(35)38-9-3)17(4)30-29(32)39-24/h10-16,26,33H,7-9H2,1-6H3/b24-15+/t26-/m0/s1. The number of benzene rings is 2. The highest BCUT2D eigenvalue weighted by Crippen LogP contribution is 2.36. The number of hydrogen-bond donors (Lipinski definition) is 1. The van der Waals surface area contributed by atoms with Gasteiger partial charge in [0.1, 0.15) is 5.75 Å². The lowest BCUT2D eigenvalue weighted by Crippen LogP contribution is -2.40. The molecule has 0 saturated heterocycles. The summed E-state index contributed by atoms with van der Waals surface area (Å²) < 4.78 is 18.1. The molecule has 0 amide bonds. The molecular formula is C29H33N3O6S. The molecule has 206 valence electrons. The van der Waals surface area contributed by atoms with Gasteiger partial charge in [0.25, 0.3) is 5.56 Å². The van der Waals surface area contributed by atoms with Gasteiger partial charge in [-0.05, 0) is 63.6 Å². The lowest BCUT2D eigenvalue weighted by atomic mass is 9.95. The molecule has 10 heteroatoms. The predicted molar refractivity (Wildman–Crippen MR) is 152 cm³/mol. The van der Waals surface area contributed by atoms with E-state index in [1.165, 1.54) is 23.0 Å². The lowest BCUT2D eigenvalue weighted by Gasteiger charge is -2.25. The fourth-order valence-electron chi connectivity index (χ4n) is 4.71. The van der Waals surface area contributed by atoms with E-state index in [1.54, 1.807) is 57.4 Å². The number of aromatic nitrogens is 1. The molecule has 1 aromatic heterocycles. The molecule has 2 aromatic carbocycles. The first-order valence-corrected chi connectivity index (χ1v) is 13.6. The van der Waals surface area contributed by atoms with Crippen LogP contribution in [-0.2, 0) is 9.53 Å². The minimum Gasteiger partial charge on any atom is -0.507 e. The molecule has 1 aliphatic rings. The normalized spacial score (nSPS) is 15.0. The number of methoxy groups -OCH3 is 2. The van der Waals surface area contributed by atoms with Crippen LogP contribution in [0.1, 0.15) is 44.9 Å². The molecule has 0 fully saturated rings. The van der Waals surface area contributed by atoms with Crippen LogP contribution in [0, 0.1) is 0 Å². The van der Waals surface area contributed by atoms with Crippen LogP contribution in [0.3, 0.4) is 0 Å². The van der Waals surface area contributed by atoms with Crippen molar-refractivity contribution in [2.24, 2.45) is 4.99 Å². The summed E-state index contributed by atoms with van der Waals surface area (Å²) >= 11 is 1.20. The average Bonchev–Trinajstić information content (AvgIpc) is 3.23. The fourth-order valence-corrected chi connectivity index (χ4v) is 5.75. The van der Waals surface area contributed by atoms with Gasteiger partial charge >= 0.3 is 5.97 Å². The Balaban J connectivity index is 1.91. The van der Waals surface area contributed by atoms with Gasteiger partial charge in [-0.2, -0.15) is 0 Å². The third-order valence-electron chi connectivity index (χ3n) is 6.67. The van der Waals surface area contributed by atoms with Crippen LogP contribution >= 0.6 is 11.3 Å². The number of ether oxygens (including phenoxy) is 3. The predicted octanol–water partition coefficient (Wildman–Crippen LogP) is 3.37. The van der Waals surface area contributed by atoms with Crippen molar-refractivity contribution in [3.63, 3.8) is 0 Å². The van der Waals surface area contributed by atoms with Gasteiger partial charge in [-0.1, -0.05) is 17.4 Å². The van der Waals surface area contributed by atoms with Crippen molar-refractivity contribution >= 4 is 29.1 Å². The van der Waals surface area contributed by atoms with Crippen LogP contribution in [0.15, 0.2) is 57.5 Å². The SMILES string of the molecule is CCOC(=O)C1=C(C)N=c2s/c(=C/c3ccc(N(CC)CC)cc3O)c(=O)n2[C@H]1c1ccc(OC)c(OC)c1. The van der Waals surface area contributed by atoms with Gasteiger partial charge in [-0.25, -0.2) is 9.79 Å². The molecule has 0 saturated carbocycles. The molecule has 2 heterocycles. The van der Waals surface area contributed by atoms with E-state index in [-0.39, 0.29) is 23.5 Å². The van der Waals surface area contributed by atoms with E-state index in [1.807, 2.05) is 6.07 Å². The van der Waals surface area contributed by atoms with E-state index >= 15 is 0 Å². The molecule has 0 unspecified atom stereocenters. The maximum atomic E-state index is 13.9. The van der Waals surface area contributed by atoms with E-state index in [0.717, 1.165) is 18.8 Å². The number of nitrogens with zero attached hydrogens (tertiary/aromatic N) is 3. The molecule has 1 N–H and O–H groups in total. The van der Waals surface area contributed by atoms with Crippen molar-refractivity contribution in [2.75, 3.05) is 38.8 Å². The molecule has 1 aliphatic heterocycles. The van der Waals surface area contributed by atoms with Crippen molar-refractivity contribution in [2.45, 2.75) is 33.7 Å². The van der Waals surface area contributed by atoms with Gasteiger partial charge in [0.2, 0.25) is 0 Å². The zero-order valence-electron chi connectivity index (χ0n) is 23.0. The Bertz CT molecular complexity index is 1600. The summed E-state index contributed by atoms with van der Waals surface area (Å²) in [5.41, 5.74) is 2.46. The average molecular weight is 552 g/mol. The minimum absolute atomic E-state index is 0.0741. The van der Waals surface area contributed by atoms with Gasteiger partial charge in [0.05, 0.1) is 42.7 Å². The number of carbonyl (C=O) groups excluding carboxylic acids is 1. The second-order valence-electron chi connectivity index (χ2n) is 8.83. The number of esters is 1. The Morgan fingerprint density at radius 2 is 1.82 bits per heavy atom. The van der Waals surface area contributed by atoms with Crippen molar-refractivity contribution in [1.82, 2.24) is 4.57 Å². The highest BCUT2D eigenvalue weighted by atomic mass is 32.1. The summed E-state index contributed by atoms with van der Waals surface area (Å²) in [6, 6.07) is 9.90. The van der Waals surface area contributed by atoms with Crippen LogP contribution in [0.5, 0.6) is 17.2 Å². The number of carbonyl (C=O) groups is 1. The molecule has 4 rings (SSSR count). The lowest BCUT2D eigenvalue weighted by molar-refractivity contribution is -0.139. The van der Waals surface area contributed by atoms with Crippen molar-refractivity contribution in [1.29, 1.82) is 0 Å². The molecule has 3 aromatic rings. The number of rotatable bonds is 9. The van der Waals surface area contributed by atoms with Gasteiger partial charge in [-0.15, -0.1) is 0 Å². The van der Waals surface area contributed by atoms with Crippen LogP contribution < -0.4 is 29.3 Å². The molecule has 1 atom stereocenters. The Hall–Kier alpha value is -4.05. The molecule has 9 nitrogen and oxygen atoms in total. The summed E-state index contributed by atoms with van der Waals surface area (Å²) in [6.07, 6.45) is 1.65. The zero-order chi connectivity index (χ0) is 28.3. The van der Waals surface area contributed by atoms with E-state index in [9.17, 15) is 14.7 Å². The Kier molecular flexibility index (Phi) is 8.44. The third kappa shape index (κ3) is 5.29. The zero-order valence-corrected chi connectivity index (χ0v) is 23.8. The molecule has 0 spiro atoms. The molecule has 0 bridgehead atoms. The molecular weight excluding hydrogens is 518 g/mol. The highest BCUT2D eigenvalue weighted by Gasteiger charge is 2.34. The Labute approximate surface area is 230 Å². The van der Waals surface area contributed by atoms with Gasteiger partial charge in [0, 0.05) is 30.4 Å². The number of phenols is 1. The van der Waals surface area contributed by atoms with Gasteiger partial charge < -0.3 is 24.2 Å². The third-order valence-corrected chi connectivity index (χ3v) is 7.65. The minimum atomic E-state index is -0.791. The number of thiazole rings is 1. The Morgan fingerprint density at radius 1 is 1.10 bits per heavy atom. The van der Waals surface area contributed by atoms with Crippen molar-refractivity contribution in [3.8, 4) is 17.2 Å². The number of phenolic OH excluding ortho intramolecular Hbond substituents is 1. The molecule has 0 aliphatic carbocycles. The van der Waals surface area contributed by atoms with Crippen LogP contribution in [0.2, 0.25) is 0 Å². The topological polar surface area (TPSA) is 103 Å². The smallest absolute Gasteiger partial charge is 0.338 e. The second kappa shape index (κ2) is 11.8. The number of allylic oxidation sites excluding steroid dienone is 1. The quantitative estimate of drug-likeness (QED) is 0.407. The van der Waals surface area contributed by atoms with Gasteiger partial charge in [-0.3, -0.25) is 9.36 Å². The van der Waals surface area contributed by atoms with Crippen molar-refractivity contribution in [3.05, 3.63) is 78.5 Å².